The lowest BCUT2D eigenvalue weighted by atomic mass is 10.1. The van der Waals surface area contributed by atoms with Gasteiger partial charge >= 0.3 is 6.03 Å². The molecule has 1 aromatic carbocycles. The molecule has 2 amide bonds. The van der Waals surface area contributed by atoms with Crippen molar-refractivity contribution < 1.29 is 4.79 Å². The Labute approximate surface area is 157 Å². The molecule has 0 spiro atoms. The van der Waals surface area contributed by atoms with Crippen molar-refractivity contribution in [1.82, 2.24) is 29.7 Å². The van der Waals surface area contributed by atoms with Crippen molar-refractivity contribution in [3.8, 4) is 5.69 Å². The van der Waals surface area contributed by atoms with Gasteiger partial charge in [-0.2, -0.15) is 0 Å². The van der Waals surface area contributed by atoms with Gasteiger partial charge in [-0.25, -0.2) is 19.7 Å². The Hall–Kier alpha value is -3.42. The lowest BCUT2D eigenvalue weighted by Gasteiger charge is -2.34. The summed E-state index contributed by atoms with van der Waals surface area (Å²) >= 11 is 0. The highest BCUT2D eigenvalue weighted by Gasteiger charge is 2.22. The summed E-state index contributed by atoms with van der Waals surface area (Å²) in [4.78, 5) is 29.1. The van der Waals surface area contributed by atoms with E-state index in [1.807, 2.05) is 39.9 Å². The van der Waals surface area contributed by atoms with E-state index in [9.17, 15) is 4.79 Å². The Bertz CT molecular complexity index is 874. The molecule has 0 atom stereocenters. The summed E-state index contributed by atoms with van der Waals surface area (Å²) < 4.78 is 1.94. The predicted octanol–water partition coefficient (Wildman–Crippen LogP) is 1.69. The maximum Gasteiger partial charge on any atom is 0.317 e. The van der Waals surface area contributed by atoms with Gasteiger partial charge in [-0.1, -0.05) is 18.2 Å². The minimum atomic E-state index is -0.0518. The van der Waals surface area contributed by atoms with Crippen molar-refractivity contribution in [1.29, 1.82) is 0 Å². The third-order valence-corrected chi connectivity index (χ3v) is 4.61. The molecular weight excluding hydrogens is 342 g/mol. The summed E-state index contributed by atoms with van der Waals surface area (Å²) in [6, 6.07) is 9.73. The molecule has 0 bridgehead atoms. The van der Waals surface area contributed by atoms with Gasteiger partial charge in [-0.05, 0) is 17.7 Å². The molecule has 8 nitrogen and oxygen atoms in total. The Morgan fingerprint density at radius 3 is 2.52 bits per heavy atom. The van der Waals surface area contributed by atoms with Crippen LogP contribution in [0, 0.1) is 0 Å². The first kappa shape index (κ1) is 17.0. The number of piperazine rings is 1. The number of imidazole rings is 1. The van der Waals surface area contributed by atoms with Crippen LogP contribution in [0.3, 0.4) is 0 Å². The van der Waals surface area contributed by atoms with Gasteiger partial charge in [0.15, 0.2) is 0 Å². The number of para-hydroxylation sites is 1. The first-order valence-corrected chi connectivity index (χ1v) is 8.92. The number of nitrogens with zero attached hydrogens (tertiary/aromatic N) is 6. The highest BCUT2D eigenvalue weighted by molar-refractivity contribution is 5.74. The monoisotopic (exact) mass is 363 g/mol. The van der Waals surface area contributed by atoms with E-state index in [1.165, 1.54) is 0 Å². The largest absolute Gasteiger partial charge is 0.337 e. The fourth-order valence-corrected chi connectivity index (χ4v) is 3.16. The van der Waals surface area contributed by atoms with E-state index in [1.54, 1.807) is 31.0 Å². The molecule has 0 radical (unpaired) electrons. The number of aromatic nitrogens is 4. The number of nitrogens with one attached hydrogen (secondary N) is 1. The topological polar surface area (TPSA) is 79.2 Å². The Morgan fingerprint density at radius 2 is 1.78 bits per heavy atom. The summed E-state index contributed by atoms with van der Waals surface area (Å²) in [6.45, 7) is 3.21. The second-order valence-corrected chi connectivity index (χ2v) is 6.28. The molecule has 3 heterocycles. The number of hydrogen-bond donors (Lipinski definition) is 1. The third-order valence-electron chi connectivity index (χ3n) is 4.61. The van der Waals surface area contributed by atoms with Crippen molar-refractivity contribution in [2.45, 2.75) is 6.54 Å². The Kier molecular flexibility index (Phi) is 4.95. The minimum Gasteiger partial charge on any atom is -0.337 e. The normalized spacial score (nSPS) is 14.2. The maximum absolute atomic E-state index is 12.6. The van der Waals surface area contributed by atoms with Crippen molar-refractivity contribution in [3.63, 3.8) is 0 Å². The van der Waals surface area contributed by atoms with Crippen LogP contribution in [0.1, 0.15) is 5.56 Å². The maximum atomic E-state index is 12.6. The first-order chi connectivity index (χ1) is 13.3. The fraction of sp³-hybridized carbons (Fsp3) is 0.263. The van der Waals surface area contributed by atoms with Crippen LogP contribution < -0.4 is 10.2 Å². The molecule has 1 fully saturated rings. The predicted molar refractivity (Wildman–Crippen MR) is 102 cm³/mol. The summed E-state index contributed by atoms with van der Waals surface area (Å²) in [5.74, 6) is 0.715. The van der Waals surface area contributed by atoms with Crippen molar-refractivity contribution >= 4 is 12.0 Å². The van der Waals surface area contributed by atoms with E-state index >= 15 is 0 Å². The number of urea groups is 1. The van der Waals surface area contributed by atoms with Crippen LogP contribution in [0.15, 0.2) is 61.4 Å². The molecular formula is C19H21N7O. The molecule has 2 aromatic heterocycles. The zero-order valence-electron chi connectivity index (χ0n) is 14.9. The van der Waals surface area contributed by atoms with Crippen LogP contribution in [0.2, 0.25) is 0 Å². The average Bonchev–Trinajstić information content (AvgIpc) is 3.28. The number of carbonyl (C=O) groups excluding carboxylic acids is 1. The summed E-state index contributed by atoms with van der Waals surface area (Å²) in [5, 5.41) is 3.03. The summed E-state index contributed by atoms with van der Waals surface area (Å²) in [6.07, 6.45) is 8.86. The molecule has 1 N–H and O–H groups in total. The van der Waals surface area contributed by atoms with Crippen LogP contribution >= 0.6 is 0 Å². The molecule has 0 unspecified atom stereocenters. The van der Waals surface area contributed by atoms with Gasteiger partial charge in [0.1, 0.15) is 0 Å². The van der Waals surface area contributed by atoms with Gasteiger partial charge in [0.05, 0.1) is 12.0 Å². The molecule has 4 rings (SSSR count). The molecule has 0 aliphatic carbocycles. The third kappa shape index (κ3) is 3.89. The van der Waals surface area contributed by atoms with E-state index in [2.05, 4.69) is 25.2 Å². The zero-order chi connectivity index (χ0) is 18.5. The number of hydrogen-bond acceptors (Lipinski definition) is 5. The number of benzene rings is 1. The highest BCUT2D eigenvalue weighted by Crippen LogP contribution is 2.14. The van der Waals surface area contributed by atoms with Crippen molar-refractivity contribution in [3.05, 3.63) is 67.0 Å². The molecule has 8 heteroatoms. The standard InChI is InChI=1S/C19H21N7O/c27-19(25-12-10-24(11-13-25)18-21-6-3-7-22-18)23-14-16-4-1-2-5-17(16)26-9-8-20-15-26/h1-9,15H,10-14H2,(H,23,27). The molecule has 3 aromatic rings. The SMILES string of the molecule is O=C(NCc1ccccc1-n1ccnc1)N1CCN(c2ncccn2)CC1. The quantitative estimate of drug-likeness (QED) is 0.763. The van der Waals surface area contributed by atoms with E-state index < -0.39 is 0 Å². The summed E-state index contributed by atoms with van der Waals surface area (Å²) in [5.41, 5.74) is 2.06. The molecule has 1 aliphatic rings. The van der Waals surface area contributed by atoms with E-state index in [-0.39, 0.29) is 6.03 Å². The molecule has 1 saturated heterocycles. The number of anilines is 1. The zero-order valence-corrected chi connectivity index (χ0v) is 14.9. The van der Waals surface area contributed by atoms with Crippen LogP contribution in [0.4, 0.5) is 10.7 Å². The van der Waals surface area contributed by atoms with Crippen LogP contribution in [-0.4, -0.2) is 56.6 Å². The van der Waals surface area contributed by atoms with Crippen molar-refractivity contribution in [2.75, 3.05) is 31.1 Å². The van der Waals surface area contributed by atoms with Crippen LogP contribution in [0.25, 0.3) is 5.69 Å². The Morgan fingerprint density at radius 1 is 1.00 bits per heavy atom. The van der Waals surface area contributed by atoms with Gasteiger partial charge in [0.25, 0.3) is 0 Å². The lowest BCUT2D eigenvalue weighted by molar-refractivity contribution is 0.193. The van der Waals surface area contributed by atoms with Gasteiger partial charge in [-0.3, -0.25) is 0 Å². The second kappa shape index (κ2) is 7.86. The highest BCUT2D eigenvalue weighted by atomic mass is 16.2. The van der Waals surface area contributed by atoms with E-state index in [0.29, 0.717) is 25.6 Å². The smallest absolute Gasteiger partial charge is 0.317 e. The molecule has 0 saturated carbocycles. The van der Waals surface area contributed by atoms with Gasteiger partial charge in [0.2, 0.25) is 5.95 Å². The van der Waals surface area contributed by atoms with Gasteiger partial charge in [-0.15, -0.1) is 0 Å². The average molecular weight is 363 g/mol. The Balaban J connectivity index is 1.33. The molecule has 27 heavy (non-hydrogen) atoms. The fourth-order valence-electron chi connectivity index (χ4n) is 3.16. The van der Waals surface area contributed by atoms with Crippen LogP contribution in [-0.2, 0) is 6.54 Å². The molecule has 1 aliphatic heterocycles. The van der Waals surface area contributed by atoms with E-state index in [0.717, 1.165) is 24.3 Å². The van der Waals surface area contributed by atoms with E-state index in [4.69, 9.17) is 0 Å². The van der Waals surface area contributed by atoms with Crippen LogP contribution in [0.5, 0.6) is 0 Å². The number of amides is 2. The summed E-state index contributed by atoms with van der Waals surface area (Å²) in [7, 11) is 0. The number of rotatable bonds is 4. The second-order valence-electron chi connectivity index (χ2n) is 6.28. The van der Waals surface area contributed by atoms with Crippen molar-refractivity contribution in [2.24, 2.45) is 0 Å². The number of carbonyl (C=O) groups is 1. The minimum absolute atomic E-state index is 0.0518. The molecule has 138 valence electrons. The first-order valence-electron chi connectivity index (χ1n) is 8.92. The lowest BCUT2D eigenvalue weighted by Crippen LogP contribution is -2.52. The van der Waals surface area contributed by atoms with Gasteiger partial charge in [0, 0.05) is 57.5 Å². The van der Waals surface area contributed by atoms with Gasteiger partial charge < -0.3 is 19.7 Å².